The number of aromatic nitrogens is 2. The predicted molar refractivity (Wildman–Crippen MR) is 54.4 cm³/mol. The van der Waals surface area contributed by atoms with Gasteiger partial charge in [-0.25, -0.2) is 0 Å². The SMILES string of the molecule is CCC(N)(CC)Cc1ccn(C)n1. The number of nitrogens with two attached hydrogens (primary N) is 1. The minimum absolute atomic E-state index is 0.0750. The summed E-state index contributed by atoms with van der Waals surface area (Å²) < 4.78 is 1.82. The molecule has 0 aliphatic rings. The van der Waals surface area contributed by atoms with Gasteiger partial charge in [-0.05, 0) is 18.9 Å². The summed E-state index contributed by atoms with van der Waals surface area (Å²) in [6.07, 6.45) is 4.84. The molecule has 0 aliphatic heterocycles. The van der Waals surface area contributed by atoms with Gasteiger partial charge in [-0.15, -0.1) is 0 Å². The summed E-state index contributed by atoms with van der Waals surface area (Å²) in [4.78, 5) is 0. The Morgan fingerprint density at radius 3 is 2.46 bits per heavy atom. The molecule has 0 atom stereocenters. The van der Waals surface area contributed by atoms with Crippen molar-refractivity contribution in [3.8, 4) is 0 Å². The van der Waals surface area contributed by atoms with Crippen LogP contribution in [0.3, 0.4) is 0 Å². The molecule has 0 aromatic carbocycles. The van der Waals surface area contributed by atoms with Gasteiger partial charge in [0, 0.05) is 25.2 Å². The van der Waals surface area contributed by atoms with E-state index in [9.17, 15) is 0 Å². The Morgan fingerprint density at radius 1 is 1.46 bits per heavy atom. The van der Waals surface area contributed by atoms with Crippen molar-refractivity contribution in [2.24, 2.45) is 12.8 Å². The highest BCUT2D eigenvalue weighted by Crippen LogP contribution is 2.16. The molecule has 74 valence electrons. The largest absolute Gasteiger partial charge is 0.325 e. The summed E-state index contributed by atoms with van der Waals surface area (Å²) in [6.45, 7) is 4.26. The summed E-state index contributed by atoms with van der Waals surface area (Å²) >= 11 is 0. The summed E-state index contributed by atoms with van der Waals surface area (Å²) in [5, 5.41) is 4.33. The van der Waals surface area contributed by atoms with Gasteiger partial charge >= 0.3 is 0 Å². The Bertz CT molecular complexity index is 261. The van der Waals surface area contributed by atoms with E-state index in [1.807, 2.05) is 24.0 Å². The quantitative estimate of drug-likeness (QED) is 0.764. The van der Waals surface area contributed by atoms with Crippen molar-refractivity contribution in [3.63, 3.8) is 0 Å². The first-order valence-corrected chi connectivity index (χ1v) is 4.87. The summed E-state index contributed by atoms with van der Waals surface area (Å²) in [7, 11) is 1.93. The maximum atomic E-state index is 6.19. The van der Waals surface area contributed by atoms with Crippen molar-refractivity contribution in [1.82, 2.24) is 9.78 Å². The number of hydrogen-bond acceptors (Lipinski definition) is 2. The molecule has 1 heterocycles. The van der Waals surface area contributed by atoms with Gasteiger partial charge in [-0.1, -0.05) is 13.8 Å². The molecule has 0 unspecified atom stereocenters. The third-order valence-corrected chi connectivity index (χ3v) is 2.71. The first kappa shape index (κ1) is 10.3. The molecular formula is C10H19N3. The van der Waals surface area contributed by atoms with Gasteiger partial charge in [0.05, 0.1) is 5.69 Å². The van der Waals surface area contributed by atoms with Gasteiger partial charge in [-0.2, -0.15) is 5.10 Å². The molecule has 0 amide bonds. The van der Waals surface area contributed by atoms with E-state index >= 15 is 0 Å². The molecule has 1 aromatic heterocycles. The van der Waals surface area contributed by atoms with Gasteiger partial charge in [0.15, 0.2) is 0 Å². The Hall–Kier alpha value is -0.830. The lowest BCUT2D eigenvalue weighted by Gasteiger charge is -2.25. The van der Waals surface area contributed by atoms with Crippen LogP contribution in [0.2, 0.25) is 0 Å². The topological polar surface area (TPSA) is 43.8 Å². The van der Waals surface area contributed by atoms with Crippen LogP contribution in [0.25, 0.3) is 0 Å². The zero-order valence-corrected chi connectivity index (χ0v) is 8.75. The maximum absolute atomic E-state index is 6.19. The Morgan fingerprint density at radius 2 is 2.08 bits per heavy atom. The highest BCUT2D eigenvalue weighted by Gasteiger charge is 2.21. The molecule has 0 bridgehead atoms. The predicted octanol–water partition coefficient (Wildman–Crippen LogP) is 1.48. The molecular weight excluding hydrogens is 162 g/mol. The van der Waals surface area contributed by atoms with Gasteiger partial charge in [-0.3, -0.25) is 4.68 Å². The van der Waals surface area contributed by atoms with Gasteiger partial charge < -0.3 is 5.73 Å². The van der Waals surface area contributed by atoms with Crippen LogP contribution in [0.1, 0.15) is 32.4 Å². The molecule has 0 radical (unpaired) electrons. The number of aryl methyl sites for hydroxylation is 1. The van der Waals surface area contributed by atoms with Crippen LogP contribution in [0.5, 0.6) is 0 Å². The monoisotopic (exact) mass is 181 g/mol. The van der Waals surface area contributed by atoms with Crippen molar-refractivity contribution in [1.29, 1.82) is 0 Å². The third kappa shape index (κ3) is 2.56. The van der Waals surface area contributed by atoms with E-state index in [1.165, 1.54) is 0 Å². The molecule has 0 fully saturated rings. The number of rotatable bonds is 4. The molecule has 2 N–H and O–H groups in total. The fraction of sp³-hybridized carbons (Fsp3) is 0.700. The molecule has 1 rings (SSSR count). The van der Waals surface area contributed by atoms with Gasteiger partial charge in [0.1, 0.15) is 0 Å². The fourth-order valence-corrected chi connectivity index (χ4v) is 1.42. The Labute approximate surface area is 79.9 Å². The summed E-state index contributed by atoms with van der Waals surface area (Å²) in [5.41, 5.74) is 7.20. The van der Waals surface area contributed by atoms with Crippen LogP contribution < -0.4 is 5.73 Å². The van der Waals surface area contributed by atoms with Crippen molar-refractivity contribution in [2.45, 2.75) is 38.6 Å². The van der Waals surface area contributed by atoms with E-state index in [0.29, 0.717) is 0 Å². The van der Waals surface area contributed by atoms with Gasteiger partial charge in [0.25, 0.3) is 0 Å². The van der Waals surface area contributed by atoms with Crippen LogP contribution in [0.15, 0.2) is 12.3 Å². The molecule has 0 saturated carbocycles. The standard InChI is InChI=1S/C10H19N3/c1-4-10(11,5-2)8-9-6-7-13(3)12-9/h6-7H,4-5,8,11H2,1-3H3. The van der Waals surface area contributed by atoms with E-state index in [0.717, 1.165) is 25.0 Å². The molecule has 0 saturated heterocycles. The zero-order valence-electron chi connectivity index (χ0n) is 8.75. The van der Waals surface area contributed by atoms with Crippen LogP contribution >= 0.6 is 0 Å². The lowest BCUT2D eigenvalue weighted by Crippen LogP contribution is -2.40. The van der Waals surface area contributed by atoms with Crippen LogP contribution in [-0.4, -0.2) is 15.3 Å². The second-order valence-electron chi connectivity index (χ2n) is 3.73. The van der Waals surface area contributed by atoms with Crippen LogP contribution in [0, 0.1) is 0 Å². The van der Waals surface area contributed by atoms with Gasteiger partial charge in [0.2, 0.25) is 0 Å². The first-order valence-electron chi connectivity index (χ1n) is 4.87. The second kappa shape index (κ2) is 3.92. The van der Waals surface area contributed by atoms with Crippen molar-refractivity contribution < 1.29 is 0 Å². The third-order valence-electron chi connectivity index (χ3n) is 2.71. The Kier molecular flexibility index (Phi) is 3.09. The van der Waals surface area contributed by atoms with E-state index in [2.05, 4.69) is 18.9 Å². The average Bonchev–Trinajstić information content (AvgIpc) is 2.51. The molecule has 13 heavy (non-hydrogen) atoms. The molecule has 0 spiro atoms. The zero-order chi connectivity index (χ0) is 9.90. The van der Waals surface area contributed by atoms with E-state index in [4.69, 9.17) is 5.73 Å². The van der Waals surface area contributed by atoms with E-state index < -0.39 is 0 Å². The maximum Gasteiger partial charge on any atom is 0.0642 e. The smallest absolute Gasteiger partial charge is 0.0642 e. The fourth-order valence-electron chi connectivity index (χ4n) is 1.42. The first-order chi connectivity index (χ1) is 6.09. The highest BCUT2D eigenvalue weighted by atomic mass is 15.2. The molecule has 1 aromatic rings. The second-order valence-corrected chi connectivity index (χ2v) is 3.73. The lowest BCUT2D eigenvalue weighted by molar-refractivity contribution is 0.388. The number of hydrogen-bond donors (Lipinski definition) is 1. The highest BCUT2D eigenvalue weighted by molar-refractivity contribution is 5.04. The normalized spacial score (nSPS) is 12.0. The molecule has 0 aliphatic carbocycles. The number of nitrogens with zero attached hydrogens (tertiary/aromatic N) is 2. The van der Waals surface area contributed by atoms with E-state index in [-0.39, 0.29) is 5.54 Å². The van der Waals surface area contributed by atoms with Crippen molar-refractivity contribution in [2.75, 3.05) is 0 Å². The van der Waals surface area contributed by atoms with Crippen molar-refractivity contribution >= 4 is 0 Å². The van der Waals surface area contributed by atoms with Crippen molar-refractivity contribution in [3.05, 3.63) is 18.0 Å². The molecule has 3 heteroatoms. The minimum Gasteiger partial charge on any atom is -0.325 e. The molecule has 3 nitrogen and oxygen atoms in total. The van der Waals surface area contributed by atoms with Crippen LogP contribution in [-0.2, 0) is 13.5 Å². The average molecular weight is 181 g/mol. The summed E-state index contributed by atoms with van der Waals surface area (Å²) in [6, 6.07) is 2.03. The minimum atomic E-state index is -0.0750. The lowest BCUT2D eigenvalue weighted by atomic mass is 9.89. The van der Waals surface area contributed by atoms with Crippen LogP contribution in [0.4, 0.5) is 0 Å². The van der Waals surface area contributed by atoms with E-state index in [1.54, 1.807) is 0 Å². The summed E-state index contributed by atoms with van der Waals surface area (Å²) in [5.74, 6) is 0. The Balaban J connectivity index is 2.67.